The molecule has 0 saturated carbocycles. The van der Waals surface area contributed by atoms with Crippen molar-refractivity contribution in [3.63, 3.8) is 0 Å². The summed E-state index contributed by atoms with van der Waals surface area (Å²) >= 11 is 5.91. The van der Waals surface area contributed by atoms with E-state index < -0.39 is 11.7 Å². The Morgan fingerprint density at radius 3 is 2.50 bits per heavy atom. The number of anilines is 1. The van der Waals surface area contributed by atoms with Gasteiger partial charge in [-0.3, -0.25) is 0 Å². The molecule has 0 spiro atoms. The molecule has 0 radical (unpaired) electrons. The average molecular weight is 354 g/mol. The summed E-state index contributed by atoms with van der Waals surface area (Å²) in [5.41, 5.74) is 0.345. The minimum Gasteiger partial charge on any atom is -0.376 e. The molecule has 0 unspecified atom stereocenters. The van der Waals surface area contributed by atoms with Crippen LogP contribution in [0.25, 0.3) is 5.69 Å². The van der Waals surface area contributed by atoms with Gasteiger partial charge in [0.2, 0.25) is 0 Å². The van der Waals surface area contributed by atoms with Gasteiger partial charge in [-0.15, -0.1) is 5.10 Å². The quantitative estimate of drug-likeness (QED) is 0.771. The van der Waals surface area contributed by atoms with E-state index in [9.17, 15) is 13.2 Å². The summed E-state index contributed by atoms with van der Waals surface area (Å²) in [5, 5.41) is 14.3. The smallest absolute Gasteiger partial charge is 0.376 e. The second kappa shape index (κ2) is 6.48. The summed E-state index contributed by atoms with van der Waals surface area (Å²) in [6.07, 6.45) is -4.43. The van der Waals surface area contributed by atoms with Crippen molar-refractivity contribution in [2.24, 2.45) is 0 Å². The lowest BCUT2D eigenvalue weighted by Gasteiger charge is -2.11. The zero-order valence-electron chi connectivity index (χ0n) is 12.1. The SMILES string of the molecule is FC(F)(F)c1ccc(NCc2nnnn2-c2ccccc2)c(Cl)c1. The molecule has 0 amide bonds. The van der Waals surface area contributed by atoms with E-state index in [4.69, 9.17) is 11.6 Å². The normalized spacial score (nSPS) is 11.5. The Hall–Kier alpha value is -2.61. The van der Waals surface area contributed by atoms with Gasteiger partial charge in [-0.1, -0.05) is 29.8 Å². The molecule has 24 heavy (non-hydrogen) atoms. The Morgan fingerprint density at radius 1 is 1.08 bits per heavy atom. The highest BCUT2D eigenvalue weighted by atomic mass is 35.5. The Morgan fingerprint density at radius 2 is 1.83 bits per heavy atom. The van der Waals surface area contributed by atoms with Crippen molar-refractivity contribution in [3.8, 4) is 5.69 Å². The Kier molecular flexibility index (Phi) is 4.39. The first-order valence-corrected chi connectivity index (χ1v) is 7.26. The molecule has 0 bridgehead atoms. The highest BCUT2D eigenvalue weighted by Crippen LogP contribution is 2.33. The van der Waals surface area contributed by atoms with Crippen LogP contribution in [0.5, 0.6) is 0 Å². The zero-order chi connectivity index (χ0) is 17.2. The molecule has 0 aliphatic heterocycles. The average Bonchev–Trinajstić information content (AvgIpc) is 3.02. The number of hydrogen-bond acceptors (Lipinski definition) is 4. The third-order valence-corrected chi connectivity index (χ3v) is 3.58. The van der Waals surface area contributed by atoms with E-state index in [0.29, 0.717) is 11.5 Å². The topological polar surface area (TPSA) is 55.6 Å². The number of nitrogens with zero attached hydrogens (tertiary/aromatic N) is 4. The lowest BCUT2D eigenvalue weighted by atomic mass is 10.2. The first-order chi connectivity index (χ1) is 11.4. The molecular formula is C15H11ClF3N5. The number of halogens is 4. The molecule has 1 aromatic heterocycles. The molecule has 0 fully saturated rings. The predicted molar refractivity (Wildman–Crippen MR) is 82.9 cm³/mol. The predicted octanol–water partition coefficient (Wildman–Crippen LogP) is 3.95. The van der Waals surface area contributed by atoms with E-state index in [1.807, 2.05) is 30.3 Å². The number of tetrazole rings is 1. The minimum absolute atomic E-state index is 0.0245. The number of rotatable bonds is 4. The van der Waals surface area contributed by atoms with Gasteiger partial charge in [0, 0.05) is 0 Å². The fraction of sp³-hybridized carbons (Fsp3) is 0.133. The first-order valence-electron chi connectivity index (χ1n) is 6.88. The van der Waals surface area contributed by atoms with Crippen LogP contribution in [-0.4, -0.2) is 20.2 Å². The maximum atomic E-state index is 12.6. The third-order valence-electron chi connectivity index (χ3n) is 3.27. The molecule has 3 aromatic rings. The summed E-state index contributed by atoms with van der Waals surface area (Å²) in [6.45, 7) is 0.201. The lowest BCUT2D eigenvalue weighted by Crippen LogP contribution is -2.09. The minimum atomic E-state index is -4.43. The van der Waals surface area contributed by atoms with Crippen LogP contribution in [0, 0.1) is 0 Å². The van der Waals surface area contributed by atoms with Crippen LogP contribution in [0.3, 0.4) is 0 Å². The highest BCUT2D eigenvalue weighted by Gasteiger charge is 2.30. The van der Waals surface area contributed by atoms with Crippen molar-refractivity contribution in [3.05, 3.63) is 64.9 Å². The zero-order valence-corrected chi connectivity index (χ0v) is 12.9. The number of benzene rings is 2. The van der Waals surface area contributed by atoms with Crippen molar-refractivity contribution >= 4 is 17.3 Å². The van der Waals surface area contributed by atoms with Gasteiger partial charge in [0.1, 0.15) is 0 Å². The maximum Gasteiger partial charge on any atom is 0.416 e. The molecule has 1 N–H and O–H groups in total. The van der Waals surface area contributed by atoms with Gasteiger partial charge in [-0.05, 0) is 40.8 Å². The van der Waals surface area contributed by atoms with Crippen molar-refractivity contribution in [1.82, 2.24) is 20.2 Å². The maximum absolute atomic E-state index is 12.6. The van der Waals surface area contributed by atoms with Gasteiger partial charge in [-0.2, -0.15) is 17.9 Å². The van der Waals surface area contributed by atoms with E-state index in [2.05, 4.69) is 20.8 Å². The lowest BCUT2D eigenvalue weighted by molar-refractivity contribution is -0.137. The molecule has 3 rings (SSSR count). The van der Waals surface area contributed by atoms with E-state index in [-0.39, 0.29) is 11.6 Å². The van der Waals surface area contributed by atoms with Gasteiger partial charge in [0.05, 0.1) is 28.5 Å². The van der Waals surface area contributed by atoms with Gasteiger partial charge in [0.25, 0.3) is 0 Å². The molecule has 0 aliphatic rings. The fourth-order valence-corrected chi connectivity index (χ4v) is 2.34. The van der Waals surface area contributed by atoms with Crippen LogP contribution in [0.15, 0.2) is 48.5 Å². The van der Waals surface area contributed by atoms with E-state index in [1.165, 1.54) is 10.7 Å². The number of alkyl halides is 3. The Labute approximate surface area is 140 Å². The number of para-hydroxylation sites is 1. The summed E-state index contributed by atoms with van der Waals surface area (Å²) in [4.78, 5) is 0. The summed E-state index contributed by atoms with van der Waals surface area (Å²) < 4.78 is 39.5. The fourth-order valence-electron chi connectivity index (χ4n) is 2.09. The van der Waals surface area contributed by atoms with Crippen molar-refractivity contribution in [1.29, 1.82) is 0 Å². The van der Waals surface area contributed by atoms with Crippen molar-refractivity contribution in [2.45, 2.75) is 12.7 Å². The standard InChI is InChI=1S/C15H11ClF3N5/c16-12-8-10(15(17,18)19)6-7-13(12)20-9-14-21-22-23-24(14)11-4-2-1-3-5-11/h1-8,20H,9H2. The number of aromatic nitrogens is 4. The summed E-state index contributed by atoms with van der Waals surface area (Å²) in [5.74, 6) is 0.497. The third kappa shape index (κ3) is 3.48. The first kappa shape index (κ1) is 16.3. The van der Waals surface area contributed by atoms with Crippen molar-refractivity contribution < 1.29 is 13.2 Å². The molecule has 1 heterocycles. The second-order valence-corrected chi connectivity index (χ2v) is 5.30. The number of nitrogens with one attached hydrogen (secondary N) is 1. The number of hydrogen-bond donors (Lipinski definition) is 1. The molecule has 0 saturated heterocycles. The van der Waals surface area contributed by atoms with Gasteiger partial charge in [0.15, 0.2) is 5.82 Å². The summed E-state index contributed by atoms with van der Waals surface area (Å²) in [7, 11) is 0. The van der Waals surface area contributed by atoms with Gasteiger partial charge in [-0.25, -0.2) is 0 Å². The molecule has 124 valence electrons. The van der Waals surface area contributed by atoms with Crippen LogP contribution in [0.2, 0.25) is 5.02 Å². The molecule has 5 nitrogen and oxygen atoms in total. The second-order valence-electron chi connectivity index (χ2n) is 4.89. The molecule has 0 aliphatic carbocycles. The van der Waals surface area contributed by atoms with Crippen LogP contribution in [0.4, 0.5) is 18.9 Å². The van der Waals surface area contributed by atoms with Gasteiger partial charge < -0.3 is 5.32 Å². The van der Waals surface area contributed by atoms with Crippen LogP contribution in [-0.2, 0) is 12.7 Å². The van der Waals surface area contributed by atoms with E-state index >= 15 is 0 Å². The van der Waals surface area contributed by atoms with E-state index in [0.717, 1.165) is 17.8 Å². The van der Waals surface area contributed by atoms with Crippen LogP contribution in [0.1, 0.15) is 11.4 Å². The molecule has 9 heteroatoms. The molecule has 0 atom stereocenters. The monoisotopic (exact) mass is 353 g/mol. The Bertz CT molecular complexity index is 833. The Balaban J connectivity index is 1.77. The highest BCUT2D eigenvalue weighted by molar-refractivity contribution is 6.33. The van der Waals surface area contributed by atoms with Gasteiger partial charge >= 0.3 is 6.18 Å². The van der Waals surface area contributed by atoms with Crippen LogP contribution < -0.4 is 5.32 Å². The van der Waals surface area contributed by atoms with Crippen LogP contribution >= 0.6 is 11.6 Å². The van der Waals surface area contributed by atoms with Crippen molar-refractivity contribution in [2.75, 3.05) is 5.32 Å². The largest absolute Gasteiger partial charge is 0.416 e. The molecule has 2 aromatic carbocycles. The summed E-state index contributed by atoms with van der Waals surface area (Å²) in [6, 6.07) is 12.4. The molecular weight excluding hydrogens is 343 g/mol. The van der Waals surface area contributed by atoms with E-state index in [1.54, 1.807) is 0 Å².